The maximum absolute atomic E-state index is 12.9. The molecule has 2 aliphatic rings. The molecule has 0 aliphatic carbocycles. The predicted octanol–water partition coefficient (Wildman–Crippen LogP) is 14.4. The third-order valence-electron chi connectivity index (χ3n) is 16.5. The molecule has 87 heavy (non-hydrogen) atoms. The zero-order valence-electron chi connectivity index (χ0n) is 53.0. The number of hydrogen-bond donors (Lipinski definition) is 3. The smallest absolute Gasteiger partial charge is 0.406 e. The molecule has 2 fully saturated rings. The standard InChI is InChI=1S/C28H40N5O5PSi.C27H39N5O4Si.C7H8O2P/c1-9-21-23(37-39(8)35)24(38-40(17(2)3,18(4)5)19(6)7)28(36-21)33-16-31-22-25(29-15-30-26(22)33)32-27(34)20-13-11-10-12-14-20;1-8-20-22(33)23(36-37(16(2)3,17(4)5)18(6)7)27(35-20)32-15-30-21-24(28-14-29-25(21)32)31-26(34)19-12-10-9-11-13-19;1-10(8)9-7-5-3-2-4-6-7/h10-19,21,23-24,28H,9H2,1-8H3;9-18,20,22-23,27,33H,8H2,1-7H3,(H,28,29,31,34);2-6H,1H3/q;;+1/p+1/t21-,23+,24-,28-;20-,22+,23-,27-;/m11./s1. The molecule has 25 heteroatoms. The van der Waals surface area contributed by atoms with Gasteiger partial charge in [-0.1, -0.05) is 152 Å². The first-order valence-corrected chi connectivity index (χ1v) is 37.6. The van der Waals surface area contributed by atoms with Gasteiger partial charge in [0.1, 0.15) is 31.0 Å². The Morgan fingerprint density at radius 1 is 0.540 bits per heavy atom. The van der Waals surface area contributed by atoms with Crippen molar-refractivity contribution in [2.45, 2.75) is 192 Å². The quantitative estimate of drug-likeness (QED) is 0.0421. The van der Waals surface area contributed by atoms with E-state index in [1.54, 1.807) is 84.6 Å². The fourth-order valence-electron chi connectivity index (χ4n) is 12.8. The highest BCUT2D eigenvalue weighted by atomic mass is 31.1. The summed E-state index contributed by atoms with van der Waals surface area (Å²) in [5.41, 5.74) is 4.95. The van der Waals surface area contributed by atoms with Crippen LogP contribution >= 0.6 is 16.1 Å². The molecule has 2 amide bonds. The third-order valence-corrected chi connectivity index (χ3v) is 29.7. The maximum atomic E-state index is 12.9. The largest absolute Gasteiger partial charge is 0.552 e. The van der Waals surface area contributed by atoms with Gasteiger partial charge in [-0.3, -0.25) is 23.2 Å². The van der Waals surface area contributed by atoms with Crippen molar-refractivity contribution in [2.75, 3.05) is 24.0 Å². The molecule has 0 radical (unpaired) electrons. The molecular formula is C62H88N10O11P2Si2+2. The molecule has 21 nitrogen and oxygen atoms in total. The van der Waals surface area contributed by atoms with Crippen molar-refractivity contribution in [3.8, 4) is 5.75 Å². The topological polar surface area (TPSA) is 255 Å². The lowest BCUT2D eigenvalue weighted by atomic mass is 10.1. The lowest BCUT2D eigenvalue weighted by Crippen LogP contribution is -2.53. The molecule has 10 atom stereocenters. The summed E-state index contributed by atoms with van der Waals surface area (Å²) in [6, 6.07) is 27.0. The van der Waals surface area contributed by atoms with Gasteiger partial charge in [-0.15, -0.1) is 4.52 Å². The van der Waals surface area contributed by atoms with Crippen molar-refractivity contribution in [1.29, 1.82) is 0 Å². The summed E-state index contributed by atoms with van der Waals surface area (Å²) in [4.78, 5) is 52.3. The fourth-order valence-corrected chi connectivity index (χ4v) is 24.9. The second-order valence-electron chi connectivity index (χ2n) is 23.8. The van der Waals surface area contributed by atoms with Crippen molar-refractivity contribution in [3.05, 3.63) is 127 Å². The molecule has 0 bridgehead atoms. The average molecular weight is 1270 g/mol. The first-order valence-electron chi connectivity index (χ1n) is 30.0. The molecule has 9 rings (SSSR count). The molecule has 2 aliphatic heterocycles. The number of nitrogens with zero attached hydrogens (tertiary/aromatic N) is 8. The number of benzene rings is 3. The van der Waals surface area contributed by atoms with Crippen LogP contribution in [0.25, 0.3) is 22.3 Å². The number of rotatable bonds is 22. The number of aliphatic hydroxyl groups excluding tert-OH is 1. The summed E-state index contributed by atoms with van der Waals surface area (Å²) in [5, 5.41) is 17.1. The van der Waals surface area contributed by atoms with Gasteiger partial charge in [-0.25, -0.2) is 29.9 Å². The summed E-state index contributed by atoms with van der Waals surface area (Å²) >= 11 is 0. The Morgan fingerprint density at radius 2 is 0.920 bits per heavy atom. The van der Waals surface area contributed by atoms with E-state index in [0.29, 0.717) is 96.9 Å². The Hall–Kier alpha value is -6.11. The van der Waals surface area contributed by atoms with Crippen LogP contribution in [0.4, 0.5) is 11.6 Å². The van der Waals surface area contributed by atoms with Crippen LogP contribution in [0.5, 0.6) is 5.75 Å². The molecule has 4 aromatic heterocycles. The van der Waals surface area contributed by atoms with E-state index in [2.05, 4.69) is 124 Å². The zero-order valence-corrected chi connectivity index (χ0v) is 56.8. The van der Waals surface area contributed by atoms with Crippen LogP contribution in [0.3, 0.4) is 0 Å². The molecule has 0 saturated carbocycles. The number of nitrogens with one attached hydrogen (secondary N) is 2. The number of para-hydroxylation sites is 1. The molecule has 2 unspecified atom stereocenters. The van der Waals surface area contributed by atoms with Gasteiger partial charge in [-0.2, -0.15) is 0 Å². The van der Waals surface area contributed by atoms with E-state index >= 15 is 0 Å². The Balaban J connectivity index is 0.000000214. The summed E-state index contributed by atoms with van der Waals surface area (Å²) in [6.45, 7) is 33.8. The van der Waals surface area contributed by atoms with Crippen molar-refractivity contribution < 1.29 is 51.2 Å². The van der Waals surface area contributed by atoms with Gasteiger partial charge in [0.15, 0.2) is 71.6 Å². The number of fused-ring (bicyclic) bond motifs is 2. The zero-order chi connectivity index (χ0) is 63.5. The van der Waals surface area contributed by atoms with Crippen molar-refractivity contribution in [1.82, 2.24) is 39.0 Å². The van der Waals surface area contributed by atoms with Crippen LogP contribution in [-0.4, -0.2) is 123 Å². The maximum Gasteiger partial charge on any atom is 0.552 e. The summed E-state index contributed by atoms with van der Waals surface area (Å²) < 4.78 is 64.8. The highest BCUT2D eigenvalue weighted by Crippen LogP contribution is 2.50. The van der Waals surface area contributed by atoms with E-state index in [-0.39, 0.29) is 24.0 Å². The number of ether oxygens (including phenoxy) is 2. The van der Waals surface area contributed by atoms with E-state index in [1.807, 2.05) is 48.7 Å². The first kappa shape index (κ1) is 68.4. The van der Waals surface area contributed by atoms with Crippen LogP contribution in [0.2, 0.25) is 33.2 Å². The number of imidazole rings is 2. The van der Waals surface area contributed by atoms with Crippen LogP contribution in [0.15, 0.2) is 116 Å². The minimum absolute atomic E-state index is 0.281. The lowest BCUT2D eigenvalue weighted by Gasteiger charge is -2.45. The monoisotopic (exact) mass is 1270 g/mol. The van der Waals surface area contributed by atoms with Gasteiger partial charge < -0.3 is 34.1 Å². The number of hydrogen-bond acceptors (Lipinski definition) is 17. The molecule has 3 aromatic carbocycles. The van der Waals surface area contributed by atoms with Gasteiger partial charge in [0.2, 0.25) is 16.6 Å². The highest BCUT2D eigenvalue weighted by Gasteiger charge is 2.57. The Kier molecular flexibility index (Phi) is 23.9. The minimum Gasteiger partial charge on any atom is -0.406 e. The Morgan fingerprint density at radius 3 is 1.30 bits per heavy atom. The molecule has 7 aromatic rings. The van der Waals surface area contributed by atoms with Crippen LogP contribution < -0.4 is 15.2 Å². The van der Waals surface area contributed by atoms with Gasteiger partial charge >= 0.3 is 16.1 Å². The normalized spacial score (nSPS) is 20.9. The minimum atomic E-state index is -2.40. The van der Waals surface area contributed by atoms with Crippen LogP contribution in [0, 0.1) is 0 Å². The number of aliphatic hydroxyl groups is 1. The first-order chi connectivity index (χ1) is 41.4. The molecule has 6 heterocycles. The van der Waals surface area contributed by atoms with Crippen LogP contribution in [0.1, 0.15) is 143 Å². The van der Waals surface area contributed by atoms with Gasteiger partial charge in [0.25, 0.3) is 11.8 Å². The second-order valence-corrected chi connectivity index (χ2v) is 36.8. The molecule has 2 saturated heterocycles. The third kappa shape index (κ3) is 15.3. The SMILES string of the molecule is CC[C@H]1O[C@@H](n2cnc3c(NC(=O)c4ccccc4)ncnc32)[C@H](O[Si](C(C)C)(C(C)C)C(C)C)[C@H]1O.CC[C@H]1O[C@@H](n2cnc3c(NC(=O)c4ccccc4)ncnc32)[C@H](O[Si](C(C)C)(C(C)C)C(C)C)[C@H]1O[P+](C)=O.C[P+](=O)Oc1ccccc1. The average Bonchev–Trinajstić information content (AvgIpc) is 1.99. The number of carbonyl (C=O) groups excluding carboxylic acids is 2. The van der Waals surface area contributed by atoms with E-state index < -0.39 is 69.6 Å². The van der Waals surface area contributed by atoms with Crippen molar-refractivity contribution in [2.24, 2.45) is 0 Å². The second kappa shape index (κ2) is 30.4. The van der Waals surface area contributed by atoms with E-state index in [4.69, 9.17) is 27.4 Å². The van der Waals surface area contributed by atoms with Crippen LogP contribution in [-0.2, 0) is 32.0 Å². The number of carbonyl (C=O) groups is 2. The Bertz CT molecular complexity index is 3360. The van der Waals surface area contributed by atoms with Gasteiger partial charge in [0, 0.05) is 11.1 Å². The van der Waals surface area contributed by atoms with Gasteiger partial charge in [-0.05, 0) is 91.6 Å². The van der Waals surface area contributed by atoms with Crippen molar-refractivity contribution >= 4 is 78.5 Å². The molecule has 0 spiro atoms. The summed E-state index contributed by atoms with van der Waals surface area (Å²) in [6.07, 6.45) is 3.04. The summed E-state index contributed by atoms with van der Waals surface area (Å²) in [5.74, 6) is 0.708. The van der Waals surface area contributed by atoms with E-state index in [0.717, 1.165) is 0 Å². The van der Waals surface area contributed by atoms with Gasteiger partial charge in [0.05, 0.1) is 24.9 Å². The number of amides is 2. The van der Waals surface area contributed by atoms with E-state index in [1.165, 1.54) is 19.3 Å². The number of anilines is 2. The highest BCUT2D eigenvalue weighted by molar-refractivity contribution is 7.38. The molecule has 468 valence electrons. The fraction of sp³-hybridized carbons (Fsp3) is 0.516. The molecule has 3 N–H and O–H groups in total. The Labute approximate surface area is 515 Å². The lowest BCUT2D eigenvalue weighted by molar-refractivity contribution is -0.0332. The summed E-state index contributed by atoms with van der Waals surface area (Å²) in [7, 11) is -8.16. The van der Waals surface area contributed by atoms with Crippen molar-refractivity contribution in [3.63, 3.8) is 0 Å². The predicted molar refractivity (Wildman–Crippen MR) is 345 cm³/mol. The molecular weight excluding hydrogens is 1180 g/mol. The number of aromatic nitrogens is 8. The van der Waals surface area contributed by atoms with E-state index in [9.17, 15) is 23.8 Å².